The van der Waals surface area contributed by atoms with E-state index in [9.17, 15) is 9.59 Å². The van der Waals surface area contributed by atoms with Gasteiger partial charge in [0, 0.05) is 46.3 Å². The summed E-state index contributed by atoms with van der Waals surface area (Å²) in [5.41, 5.74) is 6.51. The summed E-state index contributed by atoms with van der Waals surface area (Å²) in [7, 11) is 3.15. The lowest BCUT2D eigenvalue weighted by Crippen LogP contribution is -2.38. The molecule has 2 N–H and O–H groups in total. The van der Waals surface area contributed by atoms with Gasteiger partial charge in [-0.3, -0.25) is 13.9 Å². The Bertz CT molecular complexity index is 894. The predicted molar refractivity (Wildman–Crippen MR) is 90.8 cm³/mol. The number of nitrogens with zero attached hydrogens (tertiary/aromatic N) is 5. The third-order valence-corrected chi connectivity index (χ3v) is 5.86. The van der Waals surface area contributed by atoms with Crippen LogP contribution in [-0.2, 0) is 20.6 Å². The van der Waals surface area contributed by atoms with Crippen LogP contribution in [0, 0.1) is 11.8 Å². The van der Waals surface area contributed by atoms with Crippen molar-refractivity contribution >= 4 is 11.2 Å². The Morgan fingerprint density at radius 2 is 1.96 bits per heavy atom. The molecule has 0 bridgehead atoms. The highest BCUT2D eigenvalue weighted by Crippen LogP contribution is 2.36. The number of rotatable bonds is 3. The summed E-state index contributed by atoms with van der Waals surface area (Å²) in [4.78, 5) is 31.1. The van der Waals surface area contributed by atoms with E-state index in [2.05, 4.69) is 9.88 Å². The van der Waals surface area contributed by atoms with Crippen molar-refractivity contribution in [3.8, 4) is 0 Å². The molecule has 3 heterocycles. The maximum Gasteiger partial charge on any atom is 0.332 e. The van der Waals surface area contributed by atoms with Crippen LogP contribution in [0.2, 0.25) is 0 Å². The van der Waals surface area contributed by atoms with E-state index in [1.165, 1.54) is 18.0 Å². The summed E-state index contributed by atoms with van der Waals surface area (Å²) in [5.74, 6) is 1.35. The first-order valence-corrected chi connectivity index (χ1v) is 8.56. The third kappa shape index (κ3) is 2.24. The fourth-order valence-corrected chi connectivity index (χ4v) is 4.40. The first-order chi connectivity index (χ1) is 11.5. The lowest BCUT2D eigenvalue weighted by atomic mass is 9.98. The van der Waals surface area contributed by atoms with Gasteiger partial charge < -0.3 is 15.2 Å². The number of aromatic nitrogens is 4. The molecule has 0 radical (unpaired) electrons. The average Bonchev–Trinajstić information content (AvgIpc) is 3.25. The number of imidazole rings is 1. The van der Waals surface area contributed by atoms with E-state index in [1.54, 1.807) is 13.4 Å². The number of likely N-dealkylation sites (tertiary alicyclic amines) is 1. The van der Waals surface area contributed by atoms with Gasteiger partial charge in [0.1, 0.15) is 0 Å². The van der Waals surface area contributed by atoms with Crippen molar-refractivity contribution in [2.75, 3.05) is 19.6 Å². The van der Waals surface area contributed by atoms with Crippen molar-refractivity contribution in [3.63, 3.8) is 0 Å². The number of hydrogen-bond acceptors (Lipinski definition) is 5. The molecule has 2 aromatic heterocycles. The van der Waals surface area contributed by atoms with Crippen LogP contribution in [0.4, 0.5) is 0 Å². The largest absolute Gasteiger partial charge is 0.332 e. The maximum absolute atomic E-state index is 12.4. The summed E-state index contributed by atoms with van der Waals surface area (Å²) in [6.07, 6.45) is 4.05. The van der Waals surface area contributed by atoms with Crippen LogP contribution in [-0.4, -0.2) is 49.3 Å². The van der Waals surface area contributed by atoms with Gasteiger partial charge in [-0.1, -0.05) is 0 Å². The Hall–Kier alpha value is -1.93. The van der Waals surface area contributed by atoms with Gasteiger partial charge in [-0.05, 0) is 24.7 Å². The zero-order chi connectivity index (χ0) is 17.0. The Morgan fingerprint density at radius 1 is 1.17 bits per heavy atom. The molecule has 2 aromatic rings. The first kappa shape index (κ1) is 15.6. The topological polar surface area (TPSA) is 91.1 Å². The molecule has 24 heavy (non-hydrogen) atoms. The summed E-state index contributed by atoms with van der Waals surface area (Å²) >= 11 is 0. The van der Waals surface area contributed by atoms with Gasteiger partial charge in [0.2, 0.25) is 0 Å². The van der Waals surface area contributed by atoms with Gasteiger partial charge in [0.05, 0.1) is 6.33 Å². The van der Waals surface area contributed by atoms with Crippen molar-refractivity contribution < 1.29 is 0 Å². The fourth-order valence-electron chi connectivity index (χ4n) is 4.40. The molecule has 130 valence electrons. The normalized spacial score (nSPS) is 27.2. The molecule has 3 atom stereocenters. The lowest BCUT2D eigenvalue weighted by Gasteiger charge is -2.18. The van der Waals surface area contributed by atoms with Crippen molar-refractivity contribution in [2.45, 2.75) is 25.4 Å². The van der Waals surface area contributed by atoms with Crippen molar-refractivity contribution in [2.24, 2.45) is 31.7 Å². The van der Waals surface area contributed by atoms with E-state index in [0.29, 0.717) is 29.7 Å². The van der Waals surface area contributed by atoms with Crippen LogP contribution in [0.5, 0.6) is 0 Å². The van der Waals surface area contributed by atoms with E-state index in [4.69, 9.17) is 5.73 Å². The summed E-state index contributed by atoms with van der Waals surface area (Å²) in [5, 5.41) is 0. The molecule has 0 amide bonds. The highest BCUT2D eigenvalue weighted by atomic mass is 16.2. The van der Waals surface area contributed by atoms with Crippen molar-refractivity contribution in [1.29, 1.82) is 0 Å². The van der Waals surface area contributed by atoms with E-state index in [1.807, 2.05) is 4.57 Å². The molecule has 8 nitrogen and oxygen atoms in total. The molecule has 4 rings (SSSR count). The van der Waals surface area contributed by atoms with Crippen LogP contribution >= 0.6 is 0 Å². The second-order valence-electron chi connectivity index (χ2n) is 7.24. The van der Waals surface area contributed by atoms with Crippen molar-refractivity contribution in [1.82, 2.24) is 23.6 Å². The van der Waals surface area contributed by atoms with Crippen LogP contribution in [0.15, 0.2) is 15.9 Å². The minimum atomic E-state index is -0.348. The standard InChI is InChI=1S/C16H24N6O2/c1-19-14-13(15(23)20(2)16(19)24)22(9-18-14)6-5-21-7-10-3-4-12(17)11(10)8-21/h9-12H,3-8,17H2,1-2H3. The van der Waals surface area contributed by atoms with Crippen LogP contribution in [0.3, 0.4) is 0 Å². The smallest absolute Gasteiger partial charge is 0.327 e. The van der Waals surface area contributed by atoms with Gasteiger partial charge in [-0.25, -0.2) is 9.78 Å². The molecule has 2 fully saturated rings. The second kappa shape index (κ2) is 5.56. The minimum absolute atomic E-state index is 0.286. The SMILES string of the molecule is Cn1c(=O)c2c(ncn2CCN2CC3CCC(N)C3C2)n(C)c1=O. The molecule has 1 saturated carbocycles. The first-order valence-electron chi connectivity index (χ1n) is 8.56. The molecule has 1 aliphatic carbocycles. The van der Waals surface area contributed by atoms with Crippen LogP contribution in [0.1, 0.15) is 12.8 Å². The zero-order valence-corrected chi connectivity index (χ0v) is 14.2. The number of nitrogens with two attached hydrogens (primary N) is 1. The van der Waals surface area contributed by atoms with E-state index >= 15 is 0 Å². The van der Waals surface area contributed by atoms with Gasteiger partial charge >= 0.3 is 5.69 Å². The summed E-state index contributed by atoms with van der Waals surface area (Å²) < 4.78 is 4.43. The van der Waals surface area contributed by atoms with E-state index in [-0.39, 0.29) is 11.2 Å². The van der Waals surface area contributed by atoms with Crippen LogP contribution < -0.4 is 17.0 Å². The van der Waals surface area contributed by atoms with Crippen LogP contribution in [0.25, 0.3) is 11.2 Å². The predicted octanol–water partition coefficient (Wildman–Crippen LogP) is -0.897. The minimum Gasteiger partial charge on any atom is -0.327 e. The van der Waals surface area contributed by atoms with Gasteiger partial charge in [0.15, 0.2) is 11.2 Å². The second-order valence-corrected chi connectivity index (χ2v) is 7.24. The number of hydrogen-bond donors (Lipinski definition) is 1. The highest BCUT2D eigenvalue weighted by molar-refractivity contribution is 5.69. The molecule has 0 spiro atoms. The maximum atomic E-state index is 12.4. The summed E-state index contributed by atoms with van der Waals surface area (Å²) in [6.45, 7) is 3.71. The monoisotopic (exact) mass is 332 g/mol. The Labute approximate surface area is 139 Å². The average molecular weight is 332 g/mol. The van der Waals surface area contributed by atoms with Gasteiger partial charge in [-0.15, -0.1) is 0 Å². The number of aryl methyl sites for hydroxylation is 1. The Balaban J connectivity index is 1.56. The molecule has 8 heteroatoms. The third-order valence-electron chi connectivity index (χ3n) is 5.86. The lowest BCUT2D eigenvalue weighted by molar-refractivity contribution is 0.294. The molecule has 0 aromatic carbocycles. The fraction of sp³-hybridized carbons (Fsp3) is 0.688. The van der Waals surface area contributed by atoms with Gasteiger partial charge in [-0.2, -0.15) is 0 Å². The van der Waals surface area contributed by atoms with Gasteiger partial charge in [0.25, 0.3) is 5.56 Å². The molecular weight excluding hydrogens is 308 g/mol. The molecule has 1 aliphatic heterocycles. The molecular formula is C16H24N6O2. The van der Waals surface area contributed by atoms with E-state index < -0.39 is 0 Å². The summed E-state index contributed by atoms with van der Waals surface area (Å²) in [6, 6.07) is 0.343. The molecule has 2 aliphatic rings. The Kier molecular flexibility index (Phi) is 3.61. The molecule has 3 unspecified atom stereocenters. The number of fused-ring (bicyclic) bond motifs is 2. The highest BCUT2D eigenvalue weighted by Gasteiger charge is 2.40. The van der Waals surface area contributed by atoms with E-state index in [0.717, 1.165) is 36.5 Å². The molecule has 1 saturated heterocycles. The van der Waals surface area contributed by atoms with Crippen molar-refractivity contribution in [3.05, 3.63) is 27.2 Å². The quantitative estimate of drug-likeness (QED) is 0.787. The zero-order valence-electron chi connectivity index (χ0n) is 14.2. The Morgan fingerprint density at radius 3 is 2.71 bits per heavy atom.